The quantitative estimate of drug-likeness (QED) is 0.441. The van der Waals surface area contributed by atoms with Crippen LogP contribution in [0.1, 0.15) is 16.7 Å². The summed E-state index contributed by atoms with van der Waals surface area (Å²) in [4.78, 5) is 22.1. The second kappa shape index (κ2) is 8.17. The molecule has 0 aliphatic rings. The van der Waals surface area contributed by atoms with Crippen molar-refractivity contribution in [2.75, 3.05) is 0 Å². The molecule has 0 aliphatic carbocycles. The molecule has 1 aromatic rings. The summed E-state index contributed by atoms with van der Waals surface area (Å²) in [6.45, 7) is 6.86. The van der Waals surface area contributed by atoms with E-state index in [-0.39, 0.29) is 13.2 Å². The van der Waals surface area contributed by atoms with E-state index in [0.717, 1.165) is 28.8 Å². The number of benzene rings is 1. The second-order valence-corrected chi connectivity index (χ2v) is 4.18. The number of halogens is 1. The lowest BCUT2D eigenvalue weighted by atomic mass is 10.1. The molecule has 0 spiro atoms. The van der Waals surface area contributed by atoms with Crippen molar-refractivity contribution in [3.05, 3.63) is 60.2 Å². The highest BCUT2D eigenvalue weighted by Crippen LogP contribution is 2.15. The predicted octanol–water partition coefficient (Wildman–Crippen LogP) is 2.88. The van der Waals surface area contributed by atoms with Crippen LogP contribution in [0, 0.1) is 0 Å². The number of carbonyl (C=O) groups excluding carboxylic acids is 2. The zero-order valence-corrected chi connectivity index (χ0v) is 11.7. The molecular weight excluding hydrogens is 280 g/mol. The zero-order valence-electron chi connectivity index (χ0n) is 10.9. The molecule has 0 aliphatic heterocycles. The van der Waals surface area contributed by atoms with Crippen molar-refractivity contribution >= 4 is 23.5 Å². The summed E-state index contributed by atoms with van der Waals surface area (Å²) in [6, 6.07) is 5.42. The number of alkyl halides is 1. The molecule has 0 saturated heterocycles. The fourth-order valence-corrected chi connectivity index (χ4v) is 1.66. The lowest BCUT2D eigenvalue weighted by Crippen LogP contribution is -2.04. The van der Waals surface area contributed by atoms with Crippen LogP contribution in [0.2, 0.25) is 0 Å². The smallest absolute Gasteiger partial charge is 0.330 e. The van der Waals surface area contributed by atoms with E-state index < -0.39 is 11.9 Å². The summed E-state index contributed by atoms with van der Waals surface area (Å²) in [7, 11) is 0. The van der Waals surface area contributed by atoms with Gasteiger partial charge in [-0.25, -0.2) is 9.59 Å². The third-order valence-electron chi connectivity index (χ3n) is 2.36. The molecular formula is C15H15ClO4. The van der Waals surface area contributed by atoms with E-state index >= 15 is 0 Å². The number of ether oxygens (including phenoxy) is 2. The molecule has 0 fully saturated rings. The van der Waals surface area contributed by atoms with Gasteiger partial charge in [-0.2, -0.15) is 0 Å². The van der Waals surface area contributed by atoms with Gasteiger partial charge in [0.05, 0.1) is 0 Å². The SMILES string of the molecule is C=CC(=O)OCc1cc(CCl)cc(COC(=O)C=C)c1. The Morgan fingerprint density at radius 3 is 1.70 bits per heavy atom. The Balaban J connectivity index is 2.79. The van der Waals surface area contributed by atoms with Gasteiger partial charge in [0.25, 0.3) is 0 Å². The summed E-state index contributed by atoms with van der Waals surface area (Å²) in [6.07, 6.45) is 2.19. The third-order valence-corrected chi connectivity index (χ3v) is 2.67. The molecule has 4 nitrogen and oxygen atoms in total. The van der Waals surface area contributed by atoms with Crippen molar-refractivity contribution in [1.29, 1.82) is 0 Å². The van der Waals surface area contributed by atoms with Gasteiger partial charge in [0, 0.05) is 18.0 Å². The van der Waals surface area contributed by atoms with Crippen LogP contribution >= 0.6 is 11.6 Å². The van der Waals surface area contributed by atoms with Crippen molar-refractivity contribution < 1.29 is 19.1 Å². The van der Waals surface area contributed by atoms with Crippen LogP contribution < -0.4 is 0 Å². The van der Waals surface area contributed by atoms with Crippen LogP contribution in [-0.4, -0.2) is 11.9 Å². The van der Waals surface area contributed by atoms with E-state index in [0.29, 0.717) is 5.88 Å². The van der Waals surface area contributed by atoms with Gasteiger partial charge < -0.3 is 9.47 Å². The molecule has 5 heteroatoms. The number of esters is 2. The molecule has 0 atom stereocenters. The van der Waals surface area contributed by atoms with Crippen LogP contribution in [0.5, 0.6) is 0 Å². The fourth-order valence-electron chi connectivity index (χ4n) is 1.51. The molecule has 0 unspecified atom stereocenters. The molecule has 0 radical (unpaired) electrons. The largest absolute Gasteiger partial charge is 0.458 e. The summed E-state index contributed by atoms with van der Waals surface area (Å²) in [5, 5.41) is 0. The van der Waals surface area contributed by atoms with Crippen LogP contribution in [0.25, 0.3) is 0 Å². The predicted molar refractivity (Wildman–Crippen MR) is 76.0 cm³/mol. The van der Waals surface area contributed by atoms with Crippen LogP contribution in [0.15, 0.2) is 43.5 Å². The Kier molecular flexibility index (Phi) is 6.53. The Morgan fingerprint density at radius 1 is 0.950 bits per heavy atom. The minimum absolute atomic E-state index is 0.109. The maximum Gasteiger partial charge on any atom is 0.330 e. The molecule has 20 heavy (non-hydrogen) atoms. The van der Waals surface area contributed by atoms with Gasteiger partial charge in [-0.15, -0.1) is 11.6 Å². The lowest BCUT2D eigenvalue weighted by Gasteiger charge is -2.09. The van der Waals surface area contributed by atoms with Gasteiger partial charge in [0.2, 0.25) is 0 Å². The van der Waals surface area contributed by atoms with Gasteiger partial charge in [0.1, 0.15) is 13.2 Å². The Labute approximate surface area is 122 Å². The summed E-state index contributed by atoms with van der Waals surface area (Å²) in [5.74, 6) is -0.687. The van der Waals surface area contributed by atoms with Crippen molar-refractivity contribution in [2.24, 2.45) is 0 Å². The number of hydrogen-bond donors (Lipinski definition) is 0. The van der Waals surface area contributed by atoms with E-state index in [1.807, 2.05) is 12.1 Å². The van der Waals surface area contributed by atoms with Gasteiger partial charge in [-0.1, -0.05) is 25.3 Å². The Morgan fingerprint density at radius 2 is 1.35 bits per heavy atom. The Bertz CT molecular complexity index is 480. The van der Waals surface area contributed by atoms with Crippen molar-refractivity contribution in [3.8, 4) is 0 Å². The van der Waals surface area contributed by atoms with E-state index in [1.54, 1.807) is 6.07 Å². The van der Waals surface area contributed by atoms with Crippen molar-refractivity contribution in [1.82, 2.24) is 0 Å². The lowest BCUT2D eigenvalue weighted by molar-refractivity contribution is -0.139. The van der Waals surface area contributed by atoms with E-state index in [2.05, 4.69) is 13.2 Å². The van der Waals surface area contributed by atoms with Crippen molar-refractivity contribution in [3.63, 3.8) is 0 Å². The van der Waals surface area contributed by atoms with Gasteiger partial charge >= 0.3 is 11.9 Å². The van der Waals surface area contributed by atoms with E-state index in [4.69, 9.17) is 21.1 Å². The number of rotatable bonds is 7. The van der Waals surface area contributed by atoms with Crippen LogP contribution in [-0.2, 0) is 38.2 Å². The first-order chi connectivity index (χ1) is 9.58. The third kappa shape index (κ3) is 5.28. The molecule has 1 aromatic carbocycles. The normalized spacial score (nSPS) is 9.65. The summed E-state index contributed by atoms with van der Waals surface area (Å²) in [5.41, 5.74) is 2.38. The maximum absolute atomic E-state index is 11.0. The minimum atomic E-state index is -0.499. The first kappa shape index (κ1) is 16.0. The van der Waals surface area contributed by atoms with E-state index in [9.17, 15) is 9.59 Å². The number of carbonyl (C=O) groups is 2. The maximum atomic E-state index is 11.0. The fraction of sp³-hybridized carbons (Fsp3) is 0.200. The Hall–Kier alpha value is -2.07. The van der Waals surface area contributed by atoms with Gasteiger partial charge in [-0.3, -0.25) is 0 Å². The molecule has 0 N–H and O–H groups in total. The topological polar surface area (TPSA) is 52.6 Å². The van der Waals surface area contributed by atoms with Gasteiger partial charge in [-0.05, 0) is 22.8 Å². The highest BCUT2D eigenvalue weighted by atomic mass is 35.5. The van der Waals surface area contributed by atoms with Gasteiger partial charge in [0.15, 0.2) is 0 Å². The first-order valence-corrected chi connectivity index (χ1v) is 6.38. The summed E-state index contributed by atoms with van der Waals surface area (Å²) >= 11 is 5.80. The molecule has 0 saturated carbocycles. The van der Waals surface area contributed by atoms with Crippen LogP contribution in [0.4, 0.5) is 0 Å². The molecule has 0 heterocycles. The summed E-state index contributed by atoms with van der Waals surface area (Å²) < 4.78 is 9.91. The molecule has 106 valence electrons. The standard InChI is InChI=1S/C15H15ClO4/c1-3-14(17)19-9-12-5-11(8-16)6-13(7-12)10-20-15(18)4-2/h3-7H,1-2,8-10H2. The molecule has 0 amide bonds. The van der Waals surface area contributed by atoms with Crippen molar-refractivity contribution in [2.45, 2.75) is 19.1 Å². The zero-order chi connectivity index (χ0) is 15.0. The highest BCUT2D eigenvalue weighted by molar-refractivity contribution is 6.17. The average molecular weight is 295 g/mol. The van der Waals surface area contributed by atoms with E-state index in [1.165, 1.54) is 0 Å². The monoisotopic (exact) mass is 294 g/mol. The average Bonchev–Trinajstić information content (AvgIpc) is 2.49. The van der Waals surface area contributed by atoms with Crippen LogP contribution in [0.3, 0.4) is 0 Å². The number of hydrogen-bond acceptors (Lipinski definition) is 4. The highest BCUT2D eigenvalue weighted by Gasteiger charge is 2.05. The molecule has 1 rings (SSSR count). The molecule has 0 bridgehead atoms. The second-order valence-electron chi connectivity index (χ2n) is 3.92. The molecule has 0 aromatic heterocycles. The minimum Gasteiger partial charge on any atom is -0.458 e. The first-order valence-electron chi connectivity index (χ1n) is 5.85.